The first kappa shape index (κ1) is 19.3. The molecule has 0 unspecified atom stereocenters. The second kappa shape index (κ2) is 10.1. The SMILES string of the molecule is CCCc1cc(OC)c(OCCNC(C)=O)cc1NC(=O)CC#N. The molecule has 0 atom stereocenters. The molecule has 7 heteroatoms. The van der Waals surface area contributed by atoms with Crippen LogP contribution in [-0.4, -0.2) is 32.1 Å². The first-order valence-corrected chi connectivity index (χ1v) is 7.76. The lowest BCUT2D eigenvalue weighted by molar-refractivity contribution is -0.119. The second-order valence-corrected chi connectivity index (χ2v) is 5.12. The molecule has 7 nitrogen and oxygen atoms in total. The maximum absolute atomic E-state index is 11.7. The summed E-state index contributed by atoms with van der Waals surface area (Å²) in [6, 6.07) is 5.33. The maximum Gasteiger partial charge on any atom is 0.238 e. The van der Waals surface area contributed by atoms with Crippen molar-refractivity contribution in [2.45, 2.75) is 33.1 Å². The Bertz CT molecular complexity index is 623. The first-order valence-electron chi connectivity index (χ1n) is 7.76. The molecule has 0 aliphatic heterocycles. The van der Waals surface area contributed by atoms with Crippen LogP contribution in [0.2, 0.25) is 0 Å². The average Bonchev–Trinajstić information content (AvgIpc) is 2.53. The summed E-state index contributed by atoms with van der Waals surface area (Å²) in [5.74, 6) is 0.520. The normalized spacial score (nSPS) is 9.75. The van der Waals surface area contributed by atoms with Crippen LogP contribution in [0.15, 0.2) is 12.1 Å². The summed E-state index contributed by atoms with van der Waals surface area (Å²) in [5.41, 5.74) is 1.52. The van der Waals surface area contributed by atoms with Gasteiger partial charge in [0, 0.05) is 18.7 Å². The molecule has 0 aliphatic carbocycles. The summed E-state index contributed by atoms with van der Waals surface area (Å²) in [4.78, 5) is 22.6. The molecule has 0 radical (unpaired) electrons. The minimum absolute atomic E-state index is 0.131. The number of anilines is 1. The molecule has 0 aliphatic rings. The van der Waals surface area contributed by atoms with Crippen LogP contribution in [0.1, 0.15) is 32.3 Å². The van der Waals surface area contributed by atoms with Crippen LogP contribution in [0.3, 0.4) is 0 Å². The summed E-state index contributed by atoms with van der Waals surface area (Å²) < 4.78 is 11.0. The van der Waals surface area contributed by atoms with Crippen molar-refractivity contribution in [3.05, 3.63) is 17.7 Å². The number of ether oxygens (including phenoxy) is 2. The monoisotopic (exact) mass is 333 g/mol. The Morgan fingerprint density at radius 3 is 2.62 bits per heavy atom. The number of nitriles is 1. The van der Waals surface area contributed by atoms with E-state index < -0.39 is 0 Å². The largest absolute Gasteiger partial charge is 0.493 e. The molecule has 130 valence electrons. The highest BCUT2D eigenvalue weighted by Crippen LogP contribution is 2.34. The van der Waals surface area contributed by atoms with Gasteiger partial charge in [0.15, 0.2) is 11.5 Å². The van der Waals surface area contributed by atoms with Crippen molar-refractivity contribution < 1.29 is 19.1 Å². The van der Waals surface area contributed by atoms with Gasteiger partial charge in [0.25, 0.3) is 0 Å². The predicted molar refractivity (Wildman–Crippen MR) is 90.0 cm³/mol. The zero-order valence-electron chi connectivity index (χ0n) is 14.3. The molecular weight excluding hydrogens is 310 g/mol. The van der Waals surface area contributed by atoms with Gasteiger partial charge in [-0.25, -0.2) is 0 Å². The Labute approximate surface area is 141 Å². The number of carbonyl (C=O) groups excluding carboxylic acids is 2. The molecule has 0 heterocycles. The molecular formula is C17H23N3O4. The number of rotatable bonds is 9. The lowest BCUT2D eigenvalue weighted by Gasteiger charge is -2.16. The van der Waals surface area contributed by atoms with Crippen LogP contribution in [0.25, 0.3) is 0 Å². The van der Waals surface area contributed by atoms with E-state index in [-0.39, 0.29) is 24.8 Å². The zero-order valence-corrected chi connectivity index (χ0v) is 14.3. The molecule has 1 aromatic rings. The molecule has 0 aromatic heterocycles. The summed E-state index contributed by atoms with van der Waals surface area (Å²) in [7, 11) is 1.54. The van der Waals surface area contributed by atoms with E-state index >= 15 is 0 Å². The average molecular weight is 333 g/mol. The van der Waals surface area contributed by atoms with Gasteiger partial charge in [-0.2, -0.15) is 5.26 Å². The number of nitrogens with zero attached hydrogens (tertiary/aromatic N) is 1. The van der Waals surface area contributed by atoms with Gasteiger partial charge in [0.2, 0.25) is 11.8 Å². The molecule has 1 aromatic carbocycles. The number of methoxy groups -OCH3 is 1. The summed E-state index contributed by atoms with van der Waals surface area (Å²) in [6.07, 6.45) is 1.44. The Morgan fingerprint density at radius 2 is 2.04 bits per heavy atom. The van der Waals surface area contributed by atoms with Crippen LogP contribution < -0.4 is 20.1 Å². The molecule has 0 saturated carbocycles. The third-order valence-electron chi connectivity index (χ3n) is 3.16. The van der Waals surface area contributed by atoms with Crippen LogP contribution >= 0.6 is 0 Å². The number of aryl methyl sites for hydroxylation is 1. The van der Waals surface area contributed by atoms with Crippen molar-refractivity contribution in [2.24, 2.45) is 0 Å². The fourth-order valence-electron chi connectivity index (χ4n) is 2.12. The Kier molecular flexibility index (Phi) is 8.13. The number of amides is 2. The fraction of sp³-hybridized carbons (Fsp3) is 0.471. The molecule has 0 spiro atoms. The molecule has 2 amide bonds. The minimum Gasteiger partial charge on any atom is -0.493 e. The van der Waals surface area contributed by atoms with Crippen molar-refractivity contribution in [1.29, 1.82) is 5.26 Å². The van der Waals surface area contributed by atoms with E-state index in [0.717, 1.165) is 18.4 Å². The summed E-state index contributed by atoms with van der Waals surface area (Å²) in [5, 5.41) is 14.0. The number of nitrogens with one attached hydrogen (secondary N) is 2. The minimum atomic E-state index is -0.371. The van der Waals surface area contributed by atoms with E-state index in [1.807, 2.05) is 19.1 Å². The van der Waals surface area contributed by atoms with Gasteiger partial charge in [-0.3, -0.25) is 9.59 Å². The Hall–Kier alpha value is -2.75. The van der Waals surface area contributed by atoms with Crippen LogP contribution in [0, 0.1) is 11.3 Å². The third kappa shape index (κ3) is 6.16. The van der Waals surface area contributed by atoms with Gasteiger partial charge in [0.1, 0.15) is 13.0 Å². The first-order chi connectivity index (χ1) is 11.5. The number of hydrogen-bond acceptors (Lipinski definition) is 5. The van der Waals surface area contributed by atoms with Crippen molar-refractivity contribution >= 4 is 17.5 Å². The van der Waals surface area contributed by atoms with E-state index in [9.17, 15) is 9.59 Å². The van der Waals surface area contributed by atoms with Crippen molar-refractivity contribution in [1.82, 2.24) is 5.32 Å². The van der Waals surface area contributed by atoms with Crippen LogP contribution in [-0.2, 0) is 16.0 Å². The quantitative estimate of drug-likeness (QED) is 0.673. The van der Waals surface area contributed by atoms with E-state index in [2.05, 4.69) is 10.6 Å². The second-order valence-electron chi connectivity index (χ2n) is 5.12. The summed E-state index contributed by atoms with van der Waals surface area (Å²) in [6.45, 7) is 4.11. The molecule has 24 heavy (non-hydrogen) atoms. The van der Waals surface area contributed by atoms with Gasteiger partial charge in [-0.1, -0.05) is 13.3 Å². The number of benzene rings is 1. The van der Waals surface area contributed by atoms with Crippen molar-refractivity contribution in [3.63, 3.8) is 0 Å². The lowest BCUT2D eigenvalue weighted by atomic mass is 10.1. The van der Waals surface area contributed by atoms with E-state index in [4.69, 9.17) is 14.7 Å². The Balaban J connectivity index is 2.97. The van der Waals surface area contributed by atoms with Gasteiger partial charge in [-0.15, -0.1) is 0 Å². The van der Waals surface area contributed by atoms with E-state index in [1.54, 1.807) is 13.2 Å². The molecule has 0 saturated heterocycles. The lowest BCUT2D eigenvalue weighted by Crippen LogP contribution is -2.25. The third-order valence-corrected chi connectivity index (χ3v) is 3.16. The zero-order chi connectivity index (χ0) is 17.9. The smallest absolute Gasteiger partial charge is 0.238 e. The highest BCUT2D eigenvalue weighted by molar-refractivity contribution is 5.93. The predicted octanol–water partition coefficient (Wildman–Crippen LogP) is 2.01. The fourth-order valence-corrected chi connectivity index (χ4v) is 2.12. The van der Waals surface area contributed by atoms with Gasteiger partial charge < -0.3 is 20.1 Å². The maximum atomic E-state index is 11.7. The topological polar surface area (TPSA) is 100 Å². The number of hydrogen-bond donors (Lipinski definition) is 2. The molecule has 0 bridgehead atoms. The molecule has 1 rings (SSSR count). The highest BCUT2D eigenvalue weighted by atomic mass is 16.5. The van der Waals surface area contributed by atoms with E-state index in [0.29, 0.717) is 23.7 Å². The molecule has 2 N–H and O–H groups in total. The summed E-state index contributed by atoms with van der Waals surface area (Å²) >= 11 is 0. The van der Waals surface area contributed by atoms with Crippen molar-refractivity contribution in [2.75, 3.05) is 25.6 Å². The van der Waals surface area contributed by atoms with Gasteiger partial charge in [0.05, 0.1) is 19.7 Å². The van der Waals surface area contributed by atoms with Gasteiger partial charge in [-0.05, 0) is 18.1 Å². The van der Waals surface area contributed by atoms with Crippen molar-refractivity contribution in [3.8, 4) is 17.6 Å². The van der Waals surface area contributed by atoms with Crippen LogP contribution in [0.5, 0.6) is 11.5 Å². The van der Waals surface area contributed by atoms with E-state index in [1.165, 1.54) is 6.92 Å². The number of carbonyl (C=O) groups is 2. The molecule has 0 fully saturated rings. The van der Waals surface area contributed by atoms with Gasteiger partial charge >= 0.3 is 0 Å². The Morgan fingerprint density at radius 1 is 1.29 bits per heavy atom. The standard InChI is InChI=1S/C17H23N3O4/c1-4-5-13-10-15(23-3)16(24-9-8-19-12(2)21)11-14(13)20-17(22)6-7-18/h10-11H,4-6,8-9H2,1-3H3,(H,19,21)(H,20,22). The van der Waals surface area contributed by atoms with Crippen LogP contribution in [0.4, 0.5) is 5.69 Å². The highest BCUT2D eigenvalue weighted by Gasteiger charge is 2.13.